The van der Waals surface area contributed by atoms with Gasteiger partial charge in [0.15, 0.2) is 5.76 Å². The summed E-state index contributed by atoms with van der Waals surface area (Å²) in [5.41, 5.74) is 2.34. The van der Waals surface area contributed by atoms with Crippen LogP contribution in [0.5, 0.6) is 0 Å². The van der Waals surface area contributed by atoms with E-state index in [1.54, 1.807) is 0 Å². The standard InChI is InChI=1S/C17H19NO5/c1-9-5-4-6-12-10(2)15(23-14(9)12)16(19)18-8-11(22-3)7-13(18)17(20)21/h4-6,11,13H,7-8H2,1-3H3,(H,20,21). The molecule has 1 aromatic heterocycles. The predicted octanol–water partition coefficient (Wildman–Crippen LogP) is 2.36. The number of benzene rings is 1. The van der Waals surface area contributed by atoms with Crippen molar-refractivity contribution in [2.24, 2.45) is 0 Å². The van der Waals surface area contributed by atoms with Gasteiger partial charge in [0.2, 0.25) is 0 Å². The number of methoxy groups -OCH3 is 1. The van der Waals surface area contributed by atoms with Crippen LogP contribution in [0.1, 0.15) is 28.1 Å². The van der Waals surface area contributed by atoms with Crippen LogP contribution in [0.4, 0.5) is 0 Å². The van der Waals surface area contributed by atoms with Gasteiger partial charge in [-0.25, -0.2) is 4.79 Å². The minimum Gasteiger partial charge on any atom is -0.480 e. The molecule has 2 heterocycles. The molecule has 2 atom stereocenters. The number of hydrogen-bond acceptors (Lipinski definition) is 4. The Morgan fingerprint density at radius 2 is 2.09 bits per heavy atom. The zero-order valence-electron chi connectivity index (χ0n) is 13.3. The molecule has 1 saturated heterocycles. The number of ether oxygens (including phenoxy) is 1. The number of hydrogen-bond donors (Lipinski definition) is 1. The number of carboxylic acid groups (broad SMARTS) is 1. The lowest BCUT2D eigenvalue weighted by Crippen LogP contribution is -2.40. The van der Waals surface area contributed by atoms with Crippen molar-refractivity contribution in [2.75, 3.05) is 13.7 Å². The van der Waals surface area contributed by atoms with E-state index < -0.39 is 17.9 Å². The highest BCUT2D eigenvalue weighted by Gasteiger charge is 2.41. The monoisotopic (exact) mass is 317 g/mol. The zero-order valence-corrected chi connectivity index (χ0v) is 13.3. The van der Waals surface area contributed by atoms with Crippen molar-refractivity contribution >= 4 is 22.8 Å². The molecule has 1 aliphatic rings. The Labute approximate surface area is 133 Å². The molecule has 1 aromatic carbocycles. The first-order chi connectivity index (χ1) is 10.9. The average Bonchev–Trinajstić information content (AvgIpc) is 3.10. The Kier molecular flexibility index (Phi) is 3.85. The maximum absolute atomic E-state index is 12.8. The van der Waals surface area contributed by atoms with Crippen molar-refractivity contribution in [3.05, 3.63) is 35.1 Å². The largest absolute Gasteiger partial charge is 0.480 e. The number of furan rings is 1. The maximum Gasteiger partial charge on any atom is 0.326 e. The Hall–Kier alpha value is -2.34. The molecule has 1 amide bonds. The van der Waals surface area contributed by atoms with Crippen LogP contribution in [0.3, 0.4) is 0 Å². The molecule has 0 radical (unpaired) electrons. The van der Waals surface area contributed by atoms with Crippen molar-refractivity contribution in [3.8, 4) is 0 Å². The van der Waals surface area contributed by atoms with E-state index in [0.29, 0.717) is 5.58 Å². The van der Waals surface area contributed by atoms with Gasteiger partial charge in [0, 0.05) is 31.0 Å². The first-order valence-corrected chi connectivity index (χ1v) is 7.49. The lowest BCUT2D eigenvalue weighted by Gasteiger charge is -2.20. The highest BCUT2D eigenvalue weighted by atomic mass is 16.5. The second-order valence-corrected chi connectivity index (χ2v) is 5.91. The lowest BCUT2D eigenvalue weighted by molar-refractivity contribution is -0.141. The molecule has 6 heteroatoms. The quantitative estimate of drug-likeness (QED) is 0.940. The number of rotatable bonds is 3. The minimum atomic E-state index is -1.03. The predicted molar refractivity (Wildman–Crippen MR) is 83.6 cm³/mol. The van der Waals surface area contributed by atoms with Crippen LogP contribution in [0.2, 0.25) is 0 Å². The molecule has 1 aliphatic heterocycles. The maximum atomic E-state index is 12.8. The molecule has 3 rings (SSSR count). The van der Waals surface area contributed by atoms with Gasteiger partial charge in [-0.2, -0.15) is 0 Å². The van der Waals surface area contributed by atoms with E-state index in [1.165, 1.54) is 12.0 Å². The number of nitrogens with zero attached hydrogens (tertiary/aromatic N) is 1. The van der Waals surface area contributed by atoms with E-state index in [0.717, 1.165) is 16.5 Å². The Bertz CT molecular complexity index is 779. The fourth-order valence-electron chi connectivity index (χ4n) is 3.15. The van der Waals surface area contributed by atoms with Gasteiger partial charge < -0.3 is 19.2 Å². The third kappa shape index (κ3) is 2.49. The average molecular weight is 317 g/mol. The Balaban J connectivity index is 2.01. The molecule has 6 nitrogen and oxygen atoms in total. The van der Waals surface area contributed by atoms with Gasteiger partial charge in [-0.3, -0.25) is 4.79 Å². The van der Waals surface area contributed by atoms with Crippen molar-refractivity contribution in [1.82, 2.24) is 4.90 Å². The van der Waals surface area contributed by atoms with Crippen molar-refractivity contribution < 1.29 is 23.8 Å². The van der Waals surface area contributed by atoms with E-state index in [9.17, 15) is 14.7 Å². The van der Waals surface area contributed by atoms with Gasteiger partial charge in [-0.15, -0.1) is 0 Å². The van der Waals surface area contributed by atoms with Gasteiger partial charge in [0.05, 0.1) is 6.10 Å². The molecule has 0 spiro atoms. The number of carboxylic acids is 1. The van der Waals surface area contributed by atoms with Crippen LogP contribution in [-0.4, -0.2) is 47.7 Å². The van der Waals surface area contributed by atoms with Gasteiger partial charge in [-0.05, 0) is 19.4 Å². The molecule has 0 aliphatic carbocycles. The fraction of sp³-hybridized carbons (Fsp3) is 0.412. The van der Waals surface area contributed by atoms with Crippen molar-refractivity contribution in [1.29, 1.82) is 0 Å². The first kappa shape index (κ1) is 15.6. The van der Waals surface area contributed by atoms with Gasteiger partial charge in [-0.1, -0.05) is 18.2 Å². The molecule has 23 heavy (non-hydrogen) atoms. The van der Waals surface area contributed by atoms with E-state index in [-0.39, 0.29) is 24.8 Å². The summed E-state index contributed by atoms with van der Waals surface area (Å²) in [5.74, 6) is -1.22. The van der Waals surface area contributed by atoms with Gasteiger partial charge in [0.25, 0.3) is 5.91 Å². The fourth-order valence-corrected chi connectivity index (χ4v) is 3.15. The summed E-state index contributed by atoms with van der Waals surface area (Å²) < 4.78 is 11.0. The highest BCUT2D eigenvalue weighted by molar-refractivity contribution is 6.01. The molecular weight excluding hydrogens is 298 g/mol. The van der Waals surface area contributed by atoms with Crippen molar-refractivity contribution in [3.63, 3.8) is 0 Å². The summed E-state index contributed by atoms with van der Waals surface area (Å²) in [7, 11) is 1.52. The van der Waals surface area contributed by atoms with Crippen LogP contribution >= 0.6 is 0 Å². The summed E-state index contributed by atoms with van der Waals surface area (Å²) >= 11 is 0. The van der Waals surface area contributed by atoms with E-state index in [2.05, 4.69) is 0 Å². The lowest BCUT2D eigenvalue weighted by atomic mass is 10.1. The van der Waals surface area contributed by atoms with Crippen LogP contribution in [-0.2, 0) is 9.53 Å². The second kappa shape index (κ2) is 5.70. The molecule has 2 unspecified atom stereocenters. The molecule has 0 saturated carbocycles. The van der Waals surface area contributed by atoms with Gasteiger partial charge in [0.1, 0.15) is 11.6 Å². The minimum absolute atomic E-state index is 0.206. The van der Waals surface area contributed by atoms with Gasteiger partial charge >= 0.3 is 5.97 Å². The number of carbonyl (C=O) groups excluding carboxylic acids is 1. The zero-order chi connectivity index (χ0) is 16.7. The Morgan fingerprint density at radius 3 is 2.70 bits per heavy atom. The normalized spacial score (nSPS) is 21.1. The van der Waals surface area contributed by atoms with Crippen LogP contribution in [0, 0.1) is 13.8 Å². The van der Waals surface area contributed by atoms with Crippen molar-refractivity contribution in [2.45, 2.75) is 32.4 Å². The first-order valence-electron chi connectivity index (χ1n) is 7.49. The Morgan fingerprint density at radius 1 is 1.35 bits per heavy atom. The highest BCUT2D eigenvalue weighted by Crippen LogP contribution is 2.30. The van der Waals surface area contributed by atoms with E-state index in [1.807, 2.05) is 32.0 Å². The van der Waals surface area contributed by atoms with E-state index in [4.69, 9.17) is 9.15 Å². The number of fused-ring (bicyclic) bond motifs is 1. The molecule has 2 aromatic rings. The number of carbonyl (C=O) groups is 2. The number of para-hydroxylation sites is 1. The smallest absolute Gasteiger partial charge is 0.326 e. The van der Waals surface area contributed by atoms with Crippen LogP contribution in [0.25, 0.3) is 11.0 Å². The summed E-state index contributed by atoms with van der Waals surface area (Å²) in [6, 6.07) is 4.83. The summed E-state index contributed by atoms with van der Waals surface area (Å²) in [6.07, 6.45) is 0.0158. The number of likely N-dealkylation sites (tertiary alicyclic amines) is 1. The molecular formula is C17H19NO5. The van der Waals surface area contributed by atoms with E-state index >= 15 is 0 Å². The topological polar surface area (TPSA) is 80.0 Å². The molecule has 122 valence electrons. The molecule has 1 N–H and O–H groups in total. The van der Waals surface area contributed by atoms with Crippen LogP contribution < -0.4 is 0 Å². The molecule has 1 fully saturated rings. The summed E-state index contributed by atoms with van der Waals surface area (Å²) in [4.78, 5) is 25.6. The second-order valence-electron chi connectivity index (χ2n) is 5.91. The SMILES string of the molecule is COC1CC(C(=O)O)N(C(=O)c2oc3c(C)cccc3c2C)C1. The summed E-state index contributed by atoms with van der Waals surface area (Å²) in [5, 5.41) is 10.2. The van der Waals surface area contributed by atoms with Crippen LogP contribution in [0.15, 0.2) is 22.6 Å². The third-order valence-corrected chi connectivity index (χ3v) is 4.50. The molecule has 0 bridgehead atoms. The number of aryl methyl sites for hydroxylation is 2. The summed E-state index contributed by atoms with van der Waals surface area (Å²) in [6.45, 7) is 3.98. The third-order valence-electron chi connectivity index (χ3n) is 4.50. The number of amides is 1. The number of aliphatic carboxylic acids is 1.